The van der Waals surface area contributed by atoms with E-state index in [1.54, 1.807) is 0 Å². The van der Waals surface area contributed by atoms with Crippen LogP contribution in [0.4, 0.5) is 5.82 Å². The van der Waals surface area contributed by atoms with Crippen molar-refractivity contribution in [1.82, 2.24) is 4.98 Å². The van der Waals surface area contributed by atoms with Crippen LogP contribution >= 0.6 is 11.6 Å². The molecule has 0 bridgehead atoms. The van der Waals surface area contributed by atoms with Crippen LogP contribution in [0.2, 0.25) is 0 Å². The van der Waals surface area contributed by atoms with Gasteiger partial charge in [-0.2, -0.15) is 0 Å². The zero-order valence-corrected chi connectivity index (χ0v) is 11.8. The Morgan fingerprint density at radius 1 is 1.28 bits per heavy atom. The standard InChI is InChI=1S/C15H21ClN2/c1-11-13(10-16)6-7-15(17-11)18-9-8-12-4-2-3-5-14(12)18/h6-7,12,14H,2-5,8-10H2,1H3. The Hall–Kier alpha value is -0.760. The molecule has 1 aliphatic heterocycles. The van der Waals surface area contributed by atoms with Crippen molar-refractivity contribution >= 4 is 17.4 Å². The third-order valence-corrected chi connectivity index (χ3v) is 4.92. The number of hydrogen-bond donors (Lipinski definition) is 0. The van der Waals surface area contributed by atoms with Gasteiger partial charge in [0.25, 0.3) is 0 Å². The third kappa shape index (κ3) is 2.11. The number of aromatic nitrogens is 1. The summed E-state index contributed by atoms with van der Waals surface area (Å²) in [6.45, 7) is 3.25. The fraction of sp³-hybridized carbons (Fsp3) is 0.667. The zero-order valence-electron chi connectivity index (χ0n) is 11.0. The number of alkyl halides is 1. The largest absolute Gasteiger partial charge is 0.353 e. The first-order valence-corrected chi connectivity index (χ1v) is 7.62. The van der Waals surface area contributed by atoms with Crippen LogP contribution in [0.5, 0.6) is 0 Å². The Morgan fingerprint density at radius 3 is 2.89 bits per heavy atom. The fourth-order valence-corrected chi connectivity index (χ4v) is 3.85. The molecule has 0 aromatic carbocycles. The normalized spacial score (nSPS) is 27.3. The van der Waals surface area contributed by atoms with Crippen molar-refractivity contribution in [3.8, 4) is 0 Å². The number of nitrogens with zero attached hydrogens (tertiary/aromatic N) is 2. The molecule has 3 heteroatoms. The molecule has 2 heterocycles. The molecule has 3 rings (SSSR count). The zero-order chi connectivity index (χ0) is 12.5. The van der Waals surface area contributed by atoms with Gasteiger partial charge < -0.3 is 4.90 Å². The van der Waals surface area contributed by atoms with Crippen molar-refractivity contribution in [2.45, 2.75) is 50.9 Å². The summed E-state index contributed by atoms with van der Waals surface area (Å²) in [6, 6.07) is 5.04. The number of rotatable bonds is 2. The minimum atomic E-state index is 0.561. The summed E-state index contributed by atoms with van der Waals surface area (Å²) in [4.78, 5) is 7.30. The van der Waals surface area contributed by atoms with Gasteiger partial charge in [-0.05, 0) is 43.7 Å². The van der Waals surface area contributed by atoms with E-state index in [4.69, 9.17) is 16.6 Å². The second-order valence-electron chi connectivity index (χ2n) is 5.64. The van der Waals surface area contributed by atoms with Crippen LogP contribution in [0, 0.1) is 12.8 Å². The molecule has 2 aliphatic rings. The highest BCUT2D eigenvalue weighted by molar-refractivity contribution is 6.17. The first-order chi connectivity index (χ1) is 8.79. The molecule has 2 unspecified atom stereocenters. The molecule has 0 spiro atoms. The van der Waals surface area contributed by atoms with Crippen LogP contribution in [0.3, 0.4) is 0 Å². The Labute approximate surface area is 114 Å². The summed E-state index contributed by atoms with van der Waals surface area (Å²) in [5, 5.41) is 0. The van der Waals surface area contributed by atoms with E-state index >= 15 is 0 Å². The Bertz CT molecular complexity index is 433. The van der Waals surface area contributed by atoms with Gasteiger partial charge in [-0.15, -0.1) is 11.6 Å². The molecule has 2 nitrogen and oxygen atoms in total. The van der Waals surface area contributed by atoms with Gasteiger partial charge in [0.1, 0.15) is 5.82 Å². The number of fused-ring (bicyclic) bond motifs is 1. The van der Waals surface area contributed by atoms with Crippen molar-refractivity contribution in [2.75, 3.05) is 11.4 Å². The number of halogens is 1. The molecule has 1 saturated heterocycles. The second kappa shape index (κ2) is 5.08. The highest BCUT2D eigenvalue weighted by atomic mass is 35.5. The van der Waals surface area contributed by atoms with E-state index in [0.29, 0.717) is 5.88 Å². The maximum atomic E-state index is 5.90. The minimum absolute atomic E-state index is 0.561. The van der Waals surface area contributed by atoms with Crippen LogP contribution in [0.1, 0.15) is 43.4 Å². The molecule has 1 aromatic rings. The smallest absolute Gasteiger partial charge is 0.129 e. The highest BCUT2D eigenvalue weighted by Crippen LogP contribution is 2.38. The monoisotopic (exact) mass is 264 g/mol. The summed E-state index contributed by atoms with van der Waals surface area (Å²) in [7, 11) is 0. The van der Waals surface area contributed by atoms with Gasteiger partial charge >= 0.3 is 0 Å². The number of hydrogen-bond acceptors (Lipinski definition) is 2. The first-order valence-electron chi connectivity index (χ1n) is 7.08. The van der Waals surface area contributed by atoms with Crippen molar-refractivity contribution in [3.05, 3.63) is 23.4 Å². The van der Waals surface area contributed by atoms with E-state index in [1.165, 1.54) is 38.6 Å². The summed E-state index contributed by atoms with van der Waals surface area (Å²) >= 11 is 5.90. The van der Waals surface area contributed by atoms with Crippen LogP contribution in [-0.4, -0.2) is 17.6 Å². The second-order valence-corrected chi connectivity index (χ2v) is 5.91. The lowest BCUT2D eigenvalue weighted by Crippen LogP contribution is -2.35. The van der Waals surface area contributed by atoms with E-state index in [9.17, 15) is 0 Å². The summed E-state index contributed by atoms with van der Waals surface area (Å²) < 4.78 is 0. The van der Waals surface area contributed by atoms with Crippen LogP contribution in [-0.2, 0) is 5.88 Å². The molecule has 0 N–H and O–H groups in total. The van der Waals surface area contributed by atoms with Gasteiger partial charge in [0.05, 0.1) is 0 Å². The van der Waals surface area contributed by atoms with Gasteiger partial charge in [0, 0.05) is 24.2 Å². The quantitative estimate of drug-likeness (QED) is 0.753. The molecule has 98 valence electrons. The maximum Gasteiger partial charge on any atom is 0.129 e. The third-order valence-electron chi connectivity index (χ3n) is 4.63. The molecule has 1 aromatic heterocycles. The van der Waals surface area contributed by atoms with E-state index in [-0.39, 0.29) is 0 Å². The molecular formula is C15H21ClN2. The molecule has 18 heavy (non-hydrogen) atoms. The van der Waals surface area contributed by atoms with Gasteiger partial charge in [-0.3, -0.25) is 0 Å². The van der Waals surface area contributed by atoms with Crippen molar-refractivity contribution in [1.29, 1.82) is 0 Å². The lowest BCUT2D eigenvalue weighted by Gasteiger charge is -2.32. The number of pyridine rings is 1. The maximum absolute atomic E-state index is 5.90. The topological polar surface area (TPSA) is 16.1 Å². The molecule has 2 fully saturated rings. The van der Waals surface area contributed by atoms with Crippen molar-refractivity contribution in [2.24, 2.45) is 5.92 Å². The van der Waals surface area contributed by atoms with Crippen LogP contribution in [0.15, 0.2) is 12.1 Å². The lowest BCUT2D eigenvalue weighted by molar-refractivity contribution is 0.341. The van der Waals surface area contributed by atoms with Gasteiger partial charge in [0.2, 0.25) is 0 Å². The van der Waals surface area contributed by atoms with E-state index < -0.39 is 0 Å². The lowest BCUT2D eigenvalue weighted by atomic mass is 9.85. The average molecular weight is 265 g/mol. The predicted octanol–water partition coefficient (Wildman–Crippen LogP) is 3.90. The molecule has 0 radical (unpaired) electrons. The Morgan fingerprint density at radius 2 is 2.11 bits per heavy atom. The van der Waals surface area contributed by atoms with Crippen molar-refractivity contribution in [3.63, 3.8) is 0 Å². The van der Waals surface area contributed by atoms with E-state index in [2.05, 4.69) is 24.0 Å². The molecule has 0 amide bonds. The molecule has 1 aliphatic carbocycles. The SMILES string of the molecule is Cc1nc(N2CCC3CCCCC32)ccc1CCl. The van der Waals surface area contributed by atoms with Crippen LogP contribution in [0.25, 0.3) is 0 Å². The molecule has 1 saturated carbocycles. The predicted molar refractivity (Wildman–Crippen MR) is 76.2 cm³/mol. The van der Waals surface area contributed by atoms with Gasteiger partial charge in [-0.25, -0.2) is 4.98 Å². The highest BCUT2D eigenvalue weighted by Gasteiger charge is 2.36. The summed E-state index contributed by atoms with van der Waals surface area (Å²) in [5.74, 6) is 2.63. The van der Waals surface area contributed by atoms with Crippen LogP contribution < -0.4 is 4.90 Å². The molecular weight excluding hydrogens is 244 g/mol. The number of aryl methyl sites for hydroxylation is 1. The van der Waals surface area contributed by atoms with E-state index in [1.807, 2.05) is 0 Å². The summed E-state index contributed by atoms with van der Waals surface area (Å²) in [6.07, 6.45) is 6.92. The van der Waals surface area contributed by atoms with Gasteiger partial charge in [-0.1, -0.05) is 18.9 Å². The number of anilines is 1. The minimum Gasteiger partial charge on any atom is -0.353 e. The Kier molecular flexibility index (Phi) is 3.47. The first kappa shape index (κ1) is 12.3. The van der Waals surface area contributed by atoms with E-state index in [0.717, 1.165) is 29.0 Å². The van der Waals surface area contributed by atoms with Crippen molar-refractivity contribution < 1.29 is 0 Å². The summed E-state index contributed by atoms with van der Waals surface area (Å²) in [5.41, 5.74) is 2.24. The average Bonchev–Trinajstić information content (AvgIpc) is 2.82. The molecule has 2 atom stereocenters. The Balaban J connectivity index is 1.84. The fourth-order valence-electron chi connectivity index (χ4n) is 3.57. The van der Waals surface area contributed by atoms with Gasteiger partial charge in [0.15, 0.2) is 0 Å².